The third kappa shape index (κ3) is 7.56. The van der Waals surface area contributed by atoms with Gasteiger partial charge < -0.3 is 17.3 Å². The van der Waals surface area contributed by atoms with Crippen molar-refractivity contribution in [2.45, 2.75) is 0 Å². The van der Waals surface area contributed by atoms with Crippen molar-refractivity contribution in [1.29, 1.82) is 0 Å². The van der Waals surface area contributed by atoms with Crippen molar-refractivity contribution >= 4 is 50.5 Å². The summed E-state index contributed by atoms with van der Waals surface area (Å²) in [6.45, 7) is 0. The first-order chi connectivity index (χ1) is 14.7. The Bertz CT molecular complexity index is 1060. The quantitative estimate of drug-likeness (QED) is 0.131. The average molecular weight is 570 g/mol. The van der Waals surface area contributed by atoms with E-state index in [9.17, 15) is 17.3 Å². The van der Waals surface area contributed by atoms with E-state index in [4.69, 9.17) is 0 Å². The van der Waals surface area contributed by atoms with Crippen LogP contribution in [0, 0.1) is 0 Å². The molecule has 0 aliphatic rings. The van der Waals surface area contributed by atoms with Crippen molar-refractivity contribution in [1.82, 2.24) is 0 Å². The molecule has 0 aliphatic carbocycles. The number of halogens is 6. The summed E-state index contributed by atoms with van der Waals surface area (Å²) < 4.78 is 41.2. The van der Waals surface area contributed by atoms with E-state index in [0.717, 1.165) is 8.95 Å². The van der Waals surface area contributed by atoms with E-state index < -0.39 is 7.25 Å². The Morgan fingerprint density at radius 3 is 1.29 bits per heavy atom. The minimum atomic E-state index is -6.00. The average Bonchev–Trinajstić information content (AvgIpc) is 2.74. The minimum absolute atomic E-state index is 1.10. The lowest BCUT2D eigenvalue weighted by molar-refractivity contribution is 0.368. The SMILES string of the molecule is Brc1ccc(-c2cc(-c3ccccc3)cc(-c3ccc(Br)cc3)[s+]2)cc1.F[B-](F)(F)F. The number of hydrogen-bond acceptors (Lipinski definition) is 0. The molecule has 0 atom stereocenters. The highest BCUT2D eigenvalue weighted by Crippen LogP contribution is 2.38. The summed E-state index contributed by atoms with van der Waals surface area (Å²) in [5, 5.41) is 0. The summed E-state index contributed by atoms with van der Waals surface area (Å²) in [6, 6.07) is 32.2. The first kappa shape index (κ1) is 23.6. The van der Waals surface area contributed by atoms with Gasteiger partial charge in [-0.15, -0.1) is 0 Å². The molecule has 0 fully saturated rings. The van der Waals surface area contributed by atoms with Crippen molar-refractivity contribution in [2.24, 2.45) is 0 Å². The molecule has 0 nitrogen and oxygen atoms in total. The Balaban J connectivity index is 0.000000491. The van der Waals surface area contributed by atoms with Gasteiger partial charge in [-0.1, -0.05) is 62.2 Å². The highest BCUT2D eigenvalue weighted by molar-refractivity contribution is 9.10. The standard InChI is InChI=1S/C23H15Br2S.BF4/c24-20-10-6-17(7-11-20)22-14-19(16-4-2-1-3-5-16)15-23(26-22)18-8-12-21(25)13-9-18;2-1(3,4)5/h1-15H;/q+1;-1. The van der Waals surface area contributed by atoms with E-state index >= 15 is 0 Å². The minimum Gasteiger partial charge on any atom is -0.418 e. The van der Waals surface area contributed by atoms with Crippen LogP contribution < -0.4 is 0 Å². The maximum Gasteiger partial charge on any atom is 0.673 e. The van der Waals surface area contributed by atoms with Gasteiger partial charge in [-0.05, 0) is 59.7 Å². The molecule has 3 aromatic carbocycles. The van der Waals surface area contributed by atoms with Gasteiger partial charge in [0.2, 0.25) is 21.1 Å². The number of benzene rings is 3. The molecular formula is C23H15BBr2F4S. The predicted octanol–water partition coefficient (Wildman–Crippen LogP) is 9.86. The normalized spacial score (nSPS) is 10.9. The van der Waals surface area contributed by atoms with E-state index in [1.54, 1.807) is 0 Å². The fourth-order valence-electron chi connectivity index (χ4n) is 2.81. The molecule has 0 saturated carbocycles. The van der Waals surface area contributed by atoms with Crippen LogP contribution in [-0.2, 0) is 0 Å². The summed E-state index contributed by atoms with van der Waals surface area (Å²) in [5.74, 6) is 0. The molecule has 0 unspecified atom stereocenters. The second-order valence-corrected chi connectivity index (χ2v) is 9.36. The Morgan fingerprint density at radius 2 is 0.903 bits per heavy atom. The molecule has 158 valence electrons. The van der Waals surface area contributed by atoms with Crippen molar-refractivity contribution in [2.75, 3.05) is 0 Å². The Kier molecular flexibility index (Phi) is 8.03. The van der Waals surface area contributed by atoms with Crippen molar-refractivity contribution in [3.63, 3.8) is 0 Å². The molecule has 0 radical (unpaired) electrons. The summed E-state index contributed by atoms with van der Waals surface area (Å²) in [6.07, 6.45) is 0. The van der Waals surface area contributed by atoms with Gasteiger partial charge >= 0.3 is 7.25 Å². The molecule has 0 N–H and O–H groups in total. The lowest BCUT2D eigenvalue weighted by atomic mass is 10.0. The van der Waals surface area contributed by atoms with Gasteiger partial charge in [0.15, 0.2) is 0 Å². The van der Waals surface area contributed by atoms with E-state index in [-0.39, 0.29) is 0 Å². The molecule has 0 saturated heterocycles. The van der Waals surface area contributed by atoms with Gasteiger partial charge in [-0.25, -0.2) is 0 Å². The number of hydrogen-bond donors (Lipinski definition) is 0. The second kappa shape index (κ2) is 10.5. The molecule has 0 bridgehead atoms. The van der Waals surface area contributed by atoms with Gasteiger partial charge in [0.1, 0.15) is 0 Å². The number of rotatable bonds is 3. The maximum absolute atomic E-state index is 9.75. The molecule has 0 amide bonds. The highest BCUT2D eigenvalue weighted by Gasteiger charge is 2.21. The van der Waals surface area contributed by atoms with Crippen molar-refractivity contribution in [3.8, 4) is 32.0 Å². The topological polar surface area (TPSA) is 0 Å². The van der Waals surface area contributed by atoms with Crippen LogP contribution in [0.15, 0.2) is 99.9 Å². The maximum atomic E-state index is 9.75. The van der Waals surface area contributed by atoms with E-state index in [1.807, 2.05) is 11.3 Å². The van der Waals surface area contributed by atoms with Gasteiger partial charge in [0.05, 0.1) is 0 Å². The monoisotopic (exact) mass is 568 g/mol. The summed E-state index contributed by atoms with van der Waals surface area (Å²) in [7, 11) is -6.00. The zero-order valence-electron chi connectivity index (χ0n) is 15.9. The van der Waals surface area contributed by atoms with Crippen LogP contribution in [0.5, 0.6) is 0 Å². The van der Waals surface area contributed by atoms with Crippen LogP contribution in [0.3, 0.4) is 0 Å². The van der Waals surface area contributed by atoms with Crippen LogP contribution in [0.1, 0.15) is 0 Å². The van der Waals surface area contributed by atoms with E-state index in [1.165, 1.54) is 32.0 Å². The van der Waals surface area contributed by atoms with Gasteiger partial charge in [0, 0.05) is 32.2 Å². The van der Waals surface area contributed by atoms with Gasteiger partial charge in [-0.3, -0.25) is 0 Å². The van der Waals surface area contributed by atoms with Crippen LogP contribution in [0.2, 0.25) is 0 Å². The Labute approximate surface area is 199 Å². The molecule has 0 spiro atoms. The van der Waals surface area contributed by atoms with Gasteiger partial charge in [-0.2, -0.15) is 0 Å². The fourth-order valence-corrected chi connectivity index (χ4v) is 4.46. The summed E-state index contributed by atoms with van der Waals surface area (Å²) in [4.78, 5) is 2.52. The molecule has 4 rings (SSSR count). The third-order valence-electron chi connectivity index (χ3n) is 4.16. The fraction of sp³-hybridized carbons (Fsp3) is 0. The molecule has 1 heterocycles. The van der Waals surface area contributed by atoms with Gasteiger partial charge in [0.25, 0.3) is 0 Å². The highest BCUT2D eigenvalue weighted by atomic mass is 79.9. The Hall–Kier alpha value is -2.03. The lowest BCUT2D eigenvalue weighted by Crippen LogP contribution is -2.02. The van der Waals surface area contributed by atoms with Crippen LogP contribution in [0.4, 0.5) is 17.3 Å². The first-order valence-corrected chi connectivity index (χ1v) is 11.5. The Morgan fingerprint density at radius 1 is 0.516 bits per heavy atom. The molecule has 4 aromatic rings. The third-order valence-corrected chi connectivity index (χ3v) is 6.36. The van der Waals surface area contributed by atoms with E-state index in [0.29, 0.717) is 0 Å². The summed E-state index contributed by atoms with van der Waals surface area (Å²) in [5.41, 5.74) is 4.93. The van der Waals surface area contributed by atoms with Crippen molar-refractivity contribution < 1.29 is 17.3 Å². The van der Waals surface area contributed by atoms with Crippen molar-refractivity contribution in [3.05, 3.63) is 99.9 Å². The summed E-state index contributed by atoms with van der Waals surface area (Å²) >= 11 is 8.87. The molecule has 31 heavy (non-hydrogen) atoms. The first-order valence-electron chi connectivity index (χ1n) is 9.12. The molecule has 8 heteroatoms. The second-order valence-electron chi connectivity index (χ2n) is 6.45. The van der Waals surface area contributed by atoms with E-state index in [2.05, 4.69) is 123 Å². The zero-order valence-corrected chi connectivity index (χ0v) is 19.9. The molecular weight excluding hydrogens is 555 g/mol. The molecule has 1 aromatic heterocycles. The zero-order chi connectivity index (χ0) is 22.4. The smallest absolute Gasteiger partial charge is 0.418 e. The lowest BCUT2D eigenvalue weighted by Gasteiger charge is -2.03. The van der Waals surface area contributed by atoms with Crippen LogP contribution in [0.25, 0.3) is 32.0 Å². The van der Waals surface area contributed by atoms with Crippen LogP contribution in [-0.4, -0.2) is 7.25 Å². The predicted molar refractivity (Wildman–Crippen MR) is 131 cm³/mol. The molecule has 0 aliphatic heterocycles. The largest absolute Gasteiger partial charge is 0.673 e. The van der Waals surface area contributed by atoms with Crippen LogP contribution >= 0.6 is 43.2 Å².